The molecule has 5 nitrogen and oxygen atoms in total. The van der Waals surface area contributed by atoms with E-state index >= 15 is 0 Å². The lowest BCUT2D eigenvalue weighted by molar-refractivity contribution is -0.103. The second-order valence-corrected chi connectivity index (χ2v) is 5.74. The summed E-state index contributed by atoms with van der Waals surface area (Å²) < 4.78 is 1.55. The maximum atomic E-state index is 12.0. The monoisotopic (exact) mass is 273 g/mol. The highest BCUT2D eigenvalue weighted by Crippen LogP contribution is 2.25. The second kappa shape index (κ2) is 4.68. The molecule has 1 aliphatic heterocycles. The lowest BCUT2D eigenvalue weighted by Crippen LogP contribution is -2.60. The standard InChI is InChI=1S/C15H19N3O2/c1-3-15(20)9-17(10-15)8-12-7-14(19)18-5-4-11(2)6-13(18)16-12/h4-7,20H,3,8-10H2,1-2H3. The fourth-order valence-electron chi connectivity index (χ4n) is 2.69. The van der Waals surface area contributed by atoms with Gasteiger partial charge in [-0.25, -0.2) is 4.98 Å². The van der Waals surface area contributed by atoms with Gasteiger partial charge in [0.1, 0.15) is 5.65 Å². The minimum Gasteiger partial charge on any atom is -0.387 e. The van der Waals surface area contributed by atoms with E-state index in [1.165, 1.54) is 0 Å². The molecule has 3 rings (SSSR count). The molecular formula is C15H19N3O2. The molecule has 1 fully saturated rings. The molecule has 0 saturated carbocycles. The topological polar surface area (TPSA) is 57.8 Å². The molecule has 3 heterocycles. The predicted molar refractivity (Wildman–Crippen MR) is 76.7 cm³/mol. The Kier molecular flexibility index (Phi) is 3.11. The van der Waals surface area contributed by atoms with Crippen LogP contribution in [-0.2, 0) is 6.54 Å². The Bertz CT molecular complexity index is 702. The third kappa shape index (κ3) is 2.34. The number of fused-ring (bicyclic) bond motifs is 1. The van der Waals surface area contributed by atoms with Gasteiger partial charge in [0.15, 0.2) is 0 Å². The number of likely N-dealkylation sites (tertiary alicyclic amines) is 1. The van der Waals surface area contributed by atoms with E-state index in [-0.39, 0.29) is 5.56 Å². The van der Waals surface area contributed by atoms with Gasteiger partial charge in [-0.2, -0.15) is 0 Å². The fraction of sp³-hybridized carbons (Fsp3) is 0.467. The minimum atomic E-state index is -0.553. The van der Waals surface area contributed by atoms with Gasteiger partial charge in [0.25, 0.3) is 5.56 Å². The van der Waals surface area contributed by atoms with Crippen LogP contribution >= 0.6 is 0 Å². The van der Waals surface area contributed by atoms with Gasteiger partial charge in [-0.05, 0) is 31.0 Å². The van der Waals surface area contributed by atoms with Gasteiger partial charge in [0, 0.05) is 31.9 Å². The molecule has 2 aromatic heterocycles. The number of hydrogen-bond acceptors (Lipinski definition) is 4. The third-order valence-corrected chi connectivity index (χ3v) is 3.96. The molecule has 1 aliphatic rings. The summed E-state index contributed by atoms with van der Waals surface area (Å²) in [6.07, 6.45) is 2.51. The maximum Gasteiger partial charge on any atom is 0.258 e. The second-order valence-electron chi connectivity index (χ2n) is 5.74. The van der Waals surface area contributed by atoms with Gasteiger partial charge in [-0.3, -0.25) is 14.1 Å². The normalized spacial score (nSPS) is 18.1. The fourth-order valence-corrected chi connectivity index (χ4v) is 2.69. The quantitative estimate of drug-likeness (QED) is 0.905. The van der Waals surface area contributed by atoms with Gasteiger partial charge in [0.2, 0.25) is 0 Å². The van der Waals surface area contributed by atoms with Crippen molar-refractivity contribution >= 4 is 5.65 Å². The Morgan fingerprint density at radius 3 is 2.85 bits per heavy atom. The van der Waals surface area contributed by atoms with Crippen molar-refractivity contribution in [1.29, 1.82) is 0 Å². The van der Waals surface area contributed by atoms with Crippen molar-refractivity contribution in [2.45, 2.75) is 32.4 Å². The van der Waals surface area contributed by atoms with Gasteiger partial charge < -0.3 is 5.11 Å². The van der Waals surface area contributed by atoms with E-state index in [0.717, 1.165) is 17.7 Å². The Morgan fingerprint density at radius 1 is 1.40 bits per heavy atom. The lowest BCUT2D eigenvalue weighted by atomic mass is 9.91. The van der Waals surface area contributed by atoms with E-state index in [1.54, 1.807) is 16.7 Å². The Hall–Kier alpha value is -1.72. The zero-order valence-corrected chi connectivity index (χ0v) is 11.8. The Morgan fingerprint density at radius 2 is 2.15 bits per heavy atom. The van der Waals surface area contributed by atoms with Crippen LogP contribution in [0.4, 0.5) is 0 Å². The molecule has 2 aromatic rings. The molecule has 0 atom stereocenters. The average Bonchev–Trinajstić information content (AvgIpc) is 2.36. The minimum absolute atomic E-state index is 0.0590. The Labute approximate surface area is 117 Å². The summed E-state index contributed by atoms with van der Waals surface area (Å²) in [5, 5.41) is 10.0. The van der Waals surface area contributed by atoms with Gasteiger partial charge >= 0.3 is 0 Å². The highest BCUT2D eigenvalue weighted by Gasteiger charge is 2.39. The molecule has 0 spiro atoms. The predicted octanol–water partition coefficient (Wildman–Crippen LogP) is 0.960. The number of nitrogens with zero attached hydrogens (tertiary/aromatic N) is 3. The first kappa shape index (κ1) is 13.3. The lowest BCUT2D eigenvalue weighted by Gasteiger charge is -2.46. The molecule has 106 valence electrons. The molecule has 0 aliphatic carbocycles. The Balaban J connectivity index is 1.85. The van der Waals surface area contributed by atoms with Crippen molar-refractivity contribution in [1.82, 2.24) is 14.3 Å². The zero-order chi connectivity index (χ0) is 14.3. The molecule has 1 N–H and O–H groups in total. The maximum absolute atomic E-state index is 12.0. The van der Waals surface area contributed by atoms with E-state index in [2.05, 4.69) is 9.88 Å². The van der Waals surface area contributed by atoms with Crippen molar-refractivity contribution in [3.63, 3.8) is 0 Å². The van der Waals surface area contributed by atoms with Crippen LogP contribution in [0.2, 0.25) is 0 Å². The number of hydrogen-bond donors (Lipinski definition) is 1. The summed E-state index contributed by atoms with van der Waals surface area (Å²) in [6, 6.07) is 5.38. The highest BCUT2D eigenvalue weighted by atomic mass is 16.3. The number of aromatic nitrogens is 2. The van der Waals surface area contributed by atoms with Gasteiger partial charge in [0.05, 0.1) is 11.3 Å². The number of rotatable bonds is 3. The van der Waals surface area contributed by atoms with Crippen molar-refractivity contribution in [2.24, 2.45) is 0 Å². The molecule has 0 amide bonds. The summed E-state index contributed by atoms with van der Waals surface area (Å²) in [5.41, 5.74) is 1.91. The molecule has 5 heteroatoms. The molecule has 0 bridgehead atoms. The molecule has 0 aromatic carbocycles. The average molecular weight is 273 g/mol. The summed E-state index contributed by atoms with van der Waals surface area (Å²) in [6.45, 7) is 5.88. The molecule has 1 saturated heterocycles. The van der Waals surface area contributed by atoms with E-state index < -0.39 is 5.60 Å². The van der Waals surface area contributed by atoms with Crippen LogP contribution in [0.3, 0.4) is 0 Å². The molecule has 0 radical (unpaired) electrons. The van der Waals surface area contributed by atoms with E-state index in [1.807, 2.05) is 26.0 Å². The van der Waals surface area contributed by atoms with Crippen LogP contribution < -0.4 is 5.56 Å². The van der Waals surface area contributed by atoms with Crippen LogP contribution in [0.1, 0.15) is 24.6 Å². The van der Waals surface area contributed by atoms with Crippen LogP contribution in [0.5, 0.6) is 0 Å². The van der Waals surface area contributed by atoms with Gasteiger partial charge in [-0.1, -0.05) is 6.92 Å². The van der Waals surface area contributed by atoms with Crippen molar-refractivity contribution in [3.8, 4) is 0 Å². The van der Waals surface area contributed by atoms with Crippen LogP contribution in [0.15, 0.2) is 29.2 Å². The molecule has 20 heavy (non-hydrogen) atoms. The summed E-state index contributed by atoms with van der Waals surface area (Å²) >= 11 is 0. The third-order valence-electron chi connectivity index (χ3n) is 3.96. The van der Waals surface area contributed by atoms with E-state index in [9.17, 15) is 9.90 Å². The van der Waals surface area contributed by atoms with E-state index in [0.29, 0.717) is 25.3 Å². The van der Waals surface area contributed by atoms with Gasteiger partial charge in [-0.15, -0.1) is 0 Å². The first-order chi connectivity index (χ1) is 9.49. The number of aryl methyl sites for hydroxylation is 1. The summed E-state index contributed by atoms with van der Waals surface area (Å²) in [4.78, 5) is 18.7. The largest absolute Gasteiger partial charge is 0.387 e. The van der Waals surface area contributed by atoms with Crippen LogP contribution in [0.25, 0.3) is 5.65 Å². The first-order valence-corrected chi connectivity index (χ1v) is 6.93. The van der Waals surface area contributed by atoms with Crippen LogP contribution in [-0.4, -0.2) is 38.1 Å². The molecular weight excluding hydrogens is 254 g/mol. The smallest absolute Gasteiger partial charge is 0.258 e. The zero-order valence-electron chi connectivity index (χ0n) is 11.8. The highest BCUT2D eigenvalue weighted by molar-refractivity contribution is 5.41. The van der Waals surface area contributed by atoms with Crippen LogP contribution in [0, 0.1) is 6.92 Å². The SMILES string of the molecule is CCC1(O)CN(Cc2cc(=O)n3ccc(C)cc3n2)C1. The summed E-state index contributed by atoms with van der Waals surface area (Å²) in [7, 11) is 0. The van der Waals surface area contributed by atoms with Crippen molar-refractivity contribution in [2.75, 3.05) is 13.1 Å². The van der Waals surface area contributed by atoms with Crippen molar-refractivity contribution < 1.29 is 5.11 Å². The van der Waals surface area contributed by atoms with E-state index in [4.69, 9.17) is 0 Å². The number of β-amino-alcohol motifs (C(OH)–C–C–N with tert-alkyl or cyclic N) is 1. The summed E-state index contributed by atoms with van der Waals surface area (Å²) in [5.74, 6) is 0. The number of aliphatic hydroxyl groups is 1. The van der Waals surface area contributed by atoms with Crippen molar-refractivity contribution in [3.05, 3.63) is 46.0 Å². The first-order valence-electron chi connectivity index (χ1n) is 6.93. The number of pyridine rings is 1. The molecule has 0 unspecified atom stereocenters.